The Kier molecular flexibility index (Phi) is 2.28. The van der Waals surface area contributed by atoms with Gasteiger partial charge >= 0.3 is 0 Å². The molecular weight excluding hydrogens is 164 g/mol. The van der Waals surface area contributed by atoms with Crippen LogP contribution < -0.4 is 5.32 Å². The highest BCUT2D eigenvalue weighted by molar-refractivity contribution is 5.79. The summed E-state index contributed by atoms with van der Waals surface area (Å²) in [4.78, 5) is 13.5. The second kappa shape index (κ2) is 3.29. The molecule has 1 heterocycles. The topological polar surface area (TPSA) is 32.3 Å². The Balaban J connectivity index is 2.06. The van der Waals surface area contributed by atoms with Gasteiger partial charge in [0.05, 0.1) is 12.1 Å². The Morgan fingerprint density at radius 3 is 2.62 bits per heavy atom. The molecule has 13 heavy (non-hydrogen) atoms. The van der Waals surface area contributed by atoms with Gasteiger partial charge in [-0.3, -0.25) is 9.69 Å². The highest BCUT2D eigenvalue weighted by Gasteiger charge is 2.37. The van der Waals surface area contributed by atoms with E-state index >= 15 is 0 Å². The average Bonchev–Trinajstić information content (AvgIpc) is 2.02. The third-order valence-electron chi connectivity index (χ3n) is 3.20. The first-order chi connectivity index (χ1) is 6.20. The molecule has 0 atom stereocenters. The van der Waals surface area contributed by atoms with E-state index in [1.54, 1.807) is 0 Å². The predicted molar refractivity (Wildman–Crippen MR) is 51.5 cm³/mol. The van der Waals surface area contributed by atoms with Gasteiger partial charge in [-0.05, 0) is 19.9 Å². The number of carbonyl (C=O) groups is 1. The van der Waals surface area contributed by atoms with Crippen LogP contribution in [-0.2, 0) is 4.79 Å². The smallest absolute Gasteiger partial charge is 0.234 e. The second-order valence-electron chi connectivity index (χ2n) is 4.56. The van der Waals surface area contributed by atoms with Crippen LogP contribution in [0.15, 0.2) is 0 Å². The number of rotatable bonds is 0. The molecule has 1 N–H and O–H groups in total. The monoisotopic (exact) mass is 182 g/mol. The van der Waals surface area contributed by atoms with Gasteiger partial charge in [0, 0.05) is 6.54 Å². The van der Waals surface area contributed by atoms with Gasteiger partial charge in [-0.1, -0.05) is 19.3 Å². The SMILES string of the molecule is CN1CC(=O)NC2(CCCCC2)C1. The zero-order valence-electron chi connectivity index (χ0n) is 8.31. The summed E-state index contributed by atoms with van der Waals surface area (Å²) in [5.74, 6) is 0.204. The van der Waals surface area contributed by atoms with Gasteiger partial charge in [-0.2, -0.15) is 0 Å². The lowest BCUT2D eigenvalue weighted by Crippen LogP contribution is -2.62. The lowest BCUT2D eigenvalue weighted by Gasteiger charge is -2.44. The normalized spacial score (nSPS) is 28.8. The molecule has 1 amide bonds. The minimum Gasteiger partial charge on any atom is -0.348 e. The van der Waals surface area contributed by atoms with Crippen molar-refractivity contribution in [3.8, 4) is 0 Å². The van der Waals surface area contributed by atoms with E-state index in [-0.39, 0.29) is 11.4 Å². The molecule has 1 spiro atoms. The second-order valence-corrected chi connectivity index (χ2v) is 4.56. The molecule has 0 aromatic heterocycles. The maximum Gasteiger partial charge on any atom is 0.234 e. The summed E-state index contributed by atoms with van der Waals surface area (Å²) >= 11 is 0. The van der Waals surface area contributed by atoms with E-state index in [0.29, 0.717) is 6.54 Å². The Labute approximate surface area is 79.5 Å². The molecule has 74 valence electrons. The molecule has 3 heteroatoms. The van der Waals surface area contributed by atoms with E-state index in [1.165, 1.54) is 32.1 Å². The van der Waals surface area contributed by atoms with Gasteiger partial charge in [0.1, 0.15) is 0 Å². The van der Waals surface area contributed by atoms with Crippen LogP contribution in [0, 0.1) is 0 Å². The third kappa shape index (κ3) is 1.85. The highest BCUT2D eigenvalue weighted by Crippen LogP contribution is 2.30. The summed E-state index contributed by atoms with van der Waals surface area (Å²) in [5, 5.41) is 3.18. The van der Waals surface area contributed by atoms with Crippen molar-refractivity contribution in [3.63, 3.8) is 0 Å². The lowest BCUT2D eigenvalue weighted by atomic mass is 9.80. The average molecular weight is 182 g/mol. The van der Waals surface area contributed by atoms with Crippen molar-refractivity contribution >= 4 is 5.91 Å². The summed E-state index contributed by atoms with van der Waals surface area (Å²) in [7, 11) is 2.04. The number of amides is 1. The number of nitrogens with one attached hydrogen (secondary N) is 1. The number of hydrogen-bond donors (Lipinski definition) is 1. The fourth-order valence-corrected chi connectivity index (χ4v) is 2.70. The van der Waals surface area contributed by atoms with E-state index in [0.717, 1.165) is 6.54 Å². The number of likely N-dealkylation sites (N-methyl/N-ethyl adjacent to an activating group) is 1. The van der Waals surface area contributed by atoms with E-state index in [1.807, 2.05) is 7.05 Å². The molecular formula is C10H18N2O. The van der Waals surface area contributed by atoms with Gasteiger partial charge in [0.25, 0.3) is 0 Å². The molecule has 0 aromatic carbocycles. The lowest BCUT2D eigenvalue weighted by molar-refractivity contribution is -0.128. The van der Waals surface area contributed by atoms with E-state index in [4.69, 9.17) is 0 Å². The van der Waals surface area contributed by atoms with Crippen LogP contribution in [-0.4, -0.2) is 36.5 Å². The third-order valence-corrected chi connectivity index (χ3v) is 3.20. The molecule has 0 unspecified atom stereocenters. The van der Waals surface area contributed by atoms with Crippen molar-refractivity contribution < 1.29 is 4.79 Å². The molecule has 0 bridgehead atoms. The van der Waals surface area contributed by atoms with Crippen LogP contribution in [0.25, 0.3) is 0 Å². The molecule has 2 rings (SSSR count). The van der Waals surface area contributed by atoms with Crippen molar-refractivity contribution in [2.75, 3.05) is 20.1 Å². The van der Waals surface area contributed by atoms with E-state index < -0.39 is 0 Å². The number of nitrogens with zero attached hydrogens (tertiary/aromatic N) is 1. The molecule has 3 nitrogen and oxygen atoms in total. The Hall–Kier alpha value is -0.570. The molecule has 2 aliphatic rings. The highest BCUT2D eigenvalue weighted by atomic mass is 16.2. The van der Waals surface area contributed by atoms with Crippen LogP contribution in [0.3, 0.4) is 0 Å². The quantitative estimate of drug-likeness (QED) is 0.599. The first-order valence-electron chi connectivity index (χ1n) is 5.20. The maximum absolute atomic E-state index is 11.4. The molecule has 1 aliphatic carbocycles. The van der Waals surface area contributed by atoms with Crippen LogP contribution in [0.4, 0.5) is 0 Å². The largest absolute Gasteiger partial charge is 0.348 e. The molecule has 1 saturated heterocycles. The number of piperazine rings is 1. The van der Waals surface area contributed by atoms with Crippen molar-refractivity contribution in [2.45, 2.75) is 37.6 Å². The van der Waals surface area contributed by atoms with Crippen LogP contribution in [0.1, 0.15) is 32.1 Å². The summed E-state index contributed by atoms with van der Waals surface area (Å²) in [5.41, 5.74) is 0.127. The first-order valence-corrected chi connectivity index (χ1v) is 5.20. The summed E-state index contributed by atoms with van der Waals surface area (Å²) in [6.07, 6.45) is 6.22. The van der Waals surface area contributed by atoms with Crippen LogP contribution >= 0.6 is 0 Å². The van der Waals surface area contributed by atoms with Crippen LogP contribution in [0.5, 0.6) is 0 Å². The standard InChI is InChI=1S/C10H18N2O/c1-12-7-9(13)11-10(8-12)5-3-2-4-6-10/h2-8H2,1H3,(H,11,13). The van der Waals surface area contributed by atoms with Crippen molar-refractivity contribution in [1.29, 1.82) is 0 Å². The van der Waals surface area contributed by atoms with Gasteiger partial charge < -0.3 is 5.32 Å². The minimum atomic E-state index is 0.127. The molecule has 0 radical (unpaired) electrons. The Morgan fingerprint density at radius 1 is 1.31 bits per heavy atom. The van der Waals surface area contributed by atoms with Gasteiger partial charge in [0.15, 0.2) is 0 Å². The fraction of sp³-hybridized carbons (Fsp3) is 0.900. The summed E-state index contributed by atoms with van der Waals surface area (Å²) < 4.78 is 0. The first kappa shape index (κ1) is 9.00. The molecule has 1 aliphatic heterocycles. The van der Waals surface area contributed by atoms with Crippen LogP contribution in [0.2, 0.25) is 0 Å². The Bertz CT molecular complexity index is 209. The van der Waals surface area contributed by atoms with Gasteiger partial charge in [-0.15, -0.1) is 0 Å². The fourth-order valence-electron chi connectivity index (χ4n) is 2.70. The van der Waals surface area contributed by atoms with Gasteiger partial charge in [-0.25, -0.2) is 0 Å². The van der Waals surface area contributed by atoms with Crippen molar-refractivity contribution in [1.82, 2.24) is 10.2 Å². The molecule has 1 saturated carbocycles. The maximum atomic E-state index is 11.4. The summed E-state index contributed by atoms with van der Waals surface area (Å²) in [6.45, 7) is 1.61. The van der Waals surface area contributed by atoms with E-state index in [9.17, 15) is 4.79 Å². The number of carbonyl (C=O) groups excluding carboxylic acids is 1. The summed E-state index contributed by atoms with van der Waals surface area (Å²) in [6, 6.07) is 0. The molecule has 2 fully saturated rings. The van der Waals surface area contributed by atoms with Crippen molar-refractivity contribution in [3.05, 3.63) is 0 Å². The predicted octanol–water partition coefficient (Wildman–Crippen LogP) is 0.751. The van der Waals surface area contributed by atoms with Crippen molar-refractivity contribution in [2.24, 2.45) is 0 Å². The zero-order valence-corrected chi connectivity index (χ0v) is 8.31. The number of hydrogen-bond acceptors (Lipinski definition) is 2. The van der Waals surface area contributed by atoms with Gasteiger partial charge in [0.2, 0.25) is 5.91 Å². The van der Waals surface area contributed by atoms with E-state index in [2.05, 4.69) is 10.2 Å². The molecule has 0 aromatic rings. The minimum absolute atomic E-state index is 0.127. The zero-order chi connectivity index (χ0) is 9.31. The Morgan fingerprint density at radius 2 is 2.00 bits per heavy atom.